The summed E-state index contributed by atoms with van der Waals surface area (Å²) >= 11 is 6.05. The van der Waals surface area contributed by atoms with Crippen LogP contribution in [0.4, 0.5) is 0 Å². The molecule has 1 nitrogen and oxygen atoms in total. The van der Waals surface area contributed by atoms with Gasteiger partial charge in [0.1, 0.15) is 0 Å². The summed E-state index contributed by atoms with van der Waals surface area (Å²) in [5.74, 6) is 0.892. The summed E-state index contributed by atoms with van der Waals surface area (Å²) in [6, 6.07) is 6.23. The summed E-state index contributed by atoms with van der Waals surface area (Å²) < 4.78 is 0. The smallest absolute Gasteiger partial charge is 0.0411 e. The van der Waals surface area contributed by atoms with Crippen molar-refractivity contribution in [2.75, 3.05) is 6.54 Å². The molecule has 0 aliphatic heterocycles. The van der Waals surface area contributed by atoms with E-state index in [4.69, 9.17) is 17.3 Å². The van der Waals surface area contributed by atoms with Crippen LogP contribution < -0.4 is 5.73 Å². The monoisotopic (exact) mass is 211 g/mol. The molecular weight excluding hydrogens is 194 g/mol. The van der Waals surface area contributed by atoms with Crippen LogP contribution in [0.25, 0.3) is 0 Å². The average molecular weight is 212 g/mol. The van der Waals surface area contributed by atoms with Crippen LogP contribution in [0, 0.1) is 0 Å². The topological polar surface area (TPSA) is 26.0 Å². The van der Waals surface area contributed by atoms with Crippen molar-refractivity contribution in [2.45, 2.75) is 32.6 Å². The molecule has 0 aromatic heterocycles. The van der Waals surface area contributed by atoms with Crippen LogP contribution >= 0.6 is 11.6 Å². The molecule has 2 heteroatoms. The normalized spacial score (nSPS) is 13.3. The van der Waals surface area contributed by atoms with Crippen molar-refractivity contribution >= 4 is 11.6 Å². The highest BCUT2D eigenvalue weighted by molar-refractivity contribution is 6.30. The second kappa shape index (κ2) is 4.81. The summed E-state index contributed by atoms with van der Waals surface area (Å²) in [5, 5.41) is 0.812. The van der Waals surface area contributed by atoms with Crippen LogP contribution in [0.3, 0.4) is 0 Å². The number of halogens is 1. The Morgan fingerprint density at radius 1 is 1.14 bits per heavy atom. The maximum atomic E-state index is 6.05. The number of nitrogens with two attached hydrogens (primary N) is 1. The lowest BCUT2D eigenvalue weighted by molar-refractivity contribution is 0.767. The fourth-order valence-electron chi connectivity index (χ4n) is 1.39. The lowest BCUT2D eigenvalue weighted by atomic mass is 9.95. The predicted molar refractivity (Wildman–Crippen MR) is 63.0 cm³/mol. The Balaban J connectivity index is 3.07. The van der Waals surface area contributed by atoms with Crippen molar-refractivity contribution in [1.29, 1.82) is 0 Å². The summed E-state index contributed by atoms with van der Waals surface area (Å²) in [6.07, 6.45) is 0. The van der Waals surface area contributed by atoms with Crippen LogP contribution in [-0.2, 0) is 0 Å². The first-order chi connectivity index (χ1) is 6.54. The summed E-state index contributed by atoms with van der Waals surface area (Å²) in [4.78, 5) is 0. The first-order valence-corrected chi connectivity index (χ1v) is 5.42. The van der Waals surface area contributed by atoms with Crippen LogP contribution in [0.1, 0.15) is 43.7 Å². The zero-order valence-corrected chi connectivity index (χ0v) is 9.81. The molecule has 1 aromatic carbocycles. The molecule has 0 heterocycles. The summed E-state index contributed by atoms with van der Waals surface area (Å²) in [6.45, 7) is 7.12. The minimum Gasteiger partial charge on any atom is -0.330 e. The van der Waals surface area contributed by atoms with E-state index in [-0.39, 0.29) is 0 Å². The van der Waals surface area contributed by atoms with E-state index in [2.05, 4.69) is 26.8 Å². The molecule has 0 spiro atoms. The highest BCUT2D eigenvalue weighted by Gasteiger charge is 2.07. The van der Waals surface area contributed by atoms with Gasteiger partial charge in [0.05, 0.1) is 0 Å². The molecule has 1 rings (SSSR count). The van der Waals surface area contributed by atoms with Crippen LogP contribution in [-0.4, -0.2) is 6.54 Å². The van der Waals surface area contributed by atoms with Gasteiger partial charge in [0, 0.05) is 5.02 Å². The number of rotatable bonds is 3. The van der Waals surface area contributed by atoms with E-state index in [1.165, 1.54) is 11.1 Å². The molecule has 1 unspecified atom stereocenters. The van der Waals surface area contributed by atoms with Gasteiger partial charge >= 0.3 is 0 Å². The Bertz CT molecular complexity index is 307. The van der Waals surface area contributed by atoms with Gasteiger partial charge in [0.2, 0.25) is 0 Å². The fourth-order valence-corrected chi connectivity index (χ4v) is 1.64. The predicted octanol–water partition coefficient (Wildman–Crippen LogP) is 3.53. The van der Waals surface area contributed by atoms with Crippen molar-refractivity contribution in [3.8, 4) is 0 Å². The Labute approximate surface area is 91.3 Å². The molecule has 0 saturated heterocycles. The summed E-state index contributed by atoms with van der Waals surface area (Å²) in [7, 11) is 0. The van der Waals surface area contributed by atoms with E-state index in [1.807, 2.05) is 12.1 Å². The van der Waals surface area contributed by atoms with Crippen molar-refractivity contribution in [3.05, 3.63) is 34.3 Å². The third-order valence-corrected chi connectivity index (χ3v) is 2.75. The number of hydrogen-bond donors (Lipinski definition) is 1. The minimum atomic E-state index is 0.381. The van der Waals surface area contributed by atoms with Crippen molar-refractivity contribution < 1.29 is 0 Å². The van der Waals surface area contributed by atoms with E-state index < -0.39 is 0 Å². The highest BCUT2D eigenvalue weighted by Crippen LogP contribution is 2.25. The first-order valence-electron chi connectivity index (χ1n) is 5.05. The van der Waals surface area contributed by atoms with Crippen molar-refractivity contribution in [2.24, 2.45) is 5.73 Å². The number of hydrogen-bond acceptors (Lipinski definition) is 1. The van der Waals surface area contributed by atoms with Gasteiger partial charge in [-0.25, -0.2) is 0 Å². The van der Waals surface area contributed by atoms with Gasteiger partial charge in [0.25, 0.3) is 0 Å². The average Bonchev–Trinajstić information content (AvgIpc) is 2.15. The Morgan fingerprint density at radius 3 is 2.21 bits per heavy atom. The molecule has 14 heavy (non-hydrogen) atoms. The van der Waals surface area contributed by atoms with E-state index >= 15 is 0 Å². The molecule has 0 bridgehead atoms. The van der Waals surface area contributed by atoms with Gasteiger partial charge in [-0.15, -0.1) is 0 Å². The maximum Gasteiger partial charge on any atom is 0.0411 e. The van der Waals surface area contributed by atoms with E-state index in [0.717, 1.165) is 5.02 Å². The van der Waals surface area contributed by atoms with Crippen LogP contribution in [0.15, 0.2) is 18.2 Å². The van der Waals surface area contributed by atoms with E-state index in [1.54, 1.807) is 0 Å². The maximum absolute atomic E-state index is 6.05. The molecule has 1 atom stereocenters. The number of benzene rings is 1. The SMILES string of the molecule is CC(C)c1cc(Cl)cc(C(C)CN)c1. The van der Waals surface area contributed by atoms with Gasteiger partial charge in [-0.05, 0) is 41.6 Å². The van der Waals surface area contributed by atoms with Crippen molar-refractivity contribution in [1.82, 2.24) is 0 Å². The molecule has 0 aliphatic carbocycles. The molecule has 0 saturated carbocycles. The lowest BCUT2D eigenvalue weighted by Gasteiger charge is -2.13. The largest absolute Gasteiger partial charge is 0.330 e. The van der Waals surface area contributed by atoms with Gasteiger partial charge < -0.3 is 5.73 Å². The molecule has 2 N–H and O–H groups in total. The second-order valence-corrected chi connectivity index (χ2v) is 4.55. The first kappa shape index (κ1) is 11.5. The summed E-state index contributed by atoms with van der Waals surface area (Å²) in [5.41, 5.74) is 8.16. The Morgan fingerprint density at radius 2 is 1.71 bits per heavy atom. The minimum absolute atomic E-state index is 0.381. The molecule has 0 amide bonds. The third kappa shape index (κ3) is 2.73. The molecule has 78 valence electrons. The van der Waals surface area contributed by atoms with E-state index in [0.29, 0.717) is 18.4 Å². The fraction of sp³-hybridized carbons (Fsp3) is 0.500. The lowest BCUT2D eigenvalue weighted by Crippen LogP contribution is -2.09. The van der Waals surface area contributed by atoms with Gasteiger partial charge in [0.15, 0.2) is 0 Å². The van der Waals surface area contributed by atoms with Crippen LogP contribution in [0.2, 0.25) is 5.02 Å². The van der Waals surface area contributed by atoms with Gasteiger partial charge in [-0.3, -0.25) is 0 Å². The second-order valence-electron chi connectivity index (χ2n) is 4.11. The Hall–Kier alpha value is -0.530. The molecule has 0 fully saturated rings. The zero-order valence-electron chi connectivity index (χ0n) is 9.05. The highest BCUT2D eigenvalue weighted by atomic mass is 35.5. The standard InChI is InChI=1S/C12H18ClN/c1-8(2)10-4-11(9(3)7-14)6-12(13)5-10/h4-6,8-9H,7,14H2,1-3H3. The van der Waals surface area contributed by atoms with Gasteiger partial charge in [-0.2, -0.15) is 0 Å². The van der Waals surface area contributed by atoms with Gasteiger partial charge in [-0.1, -0.05) is 38.4 Å². The molecule has 0 radical (unpaired) electrons. The molecular formula is C12H18ClN. The zero-order chi connectivity index (χ0) is 10.7. The van der Waals surface area contributed by atoms with E-state index in [9.17, 15) is 0 Å². The Kier molecular flexibility index (Phi) is 3.97. The van der Waals surface area contributed by atoms with Crippen molar-refractivity contribution in [3.63, 3.8) is 0 Å². The molecule has 0 aliphatic rings. The third-order valence-electron chi connectivity index (χ3n) is 2.53. The quantitative estimate of drug-likeness (QED) is 0.814. The molecule has 1 aromatic rings. The van der Waals surface area contributed by atoms with Crippen LogP contribution in [0.5, 0.6) is 0 Å².